The van der Waals surface area contributed by atoms with Crippen LogP contribution < -0.4 is 5.32 Å². The van der Waals surface area contributed by atoms with Crippen molar-refractivity contribution >= 4 is 28.2 Å². The maximum Gasteiger partial charge on any atom is 0.0653 e. The fraction of sp³-hybridized carbons (Fsp3) is 0.381. The molecule has 1 aromatic heterocycles. The molecule has 4 heteroatoms. The van der Waals surface area contributed by atoms with Gasteiger partial charge in [0, 0.05) is 22.6 Å². The van der Waals surface area contributed by atoms with Crippen LogP contribution in [0, 0.1) is 5.92 Å². The van der Waals surface area contributed by atoms with Crippen molar-refractivity contribution in [2.75, 3.05) is 11.9 Å². The topological polar surface area (TPSA) is 40.7 Å². The number of aromatic amines is 1. The number of anilines is 1. The van der Waals surface area contributed by atoms with Crippen LogP contribution in [0.5, 0.6) is 0 Å². The second-order valence-corrected chi connectivity index (χ2v) is 7.55. The van der Waals surface area contributed by atoms with Gasteiger partial charge in [0.25, 0.3) is 0 Å². The SMILES string of the molecule is Clc1ccc(NCCC2CCC(c3cccc4[nH]ncc34)CC2)cc1. The van der Waals surface area contributed by atoms with Gasteiger partial charge in [-0.05, 0) is 79.8 Å². The Hall–Kier alpha value is -2.00. The molecule has 0 unspecified atom stereocenters. The van der Waals surface area contributed by atoms with Gasteiger partial charge in [0.1, 0.15) is 0 Å². The average Bonchev–Trinajstić information content (AvgIpc) is 3.13. The Morgan fingerprint density at radius 2 is 1.84 bits per heavy atom. The number of hydrogen-bond acceptors (Lipinski definition) is 2. The molecule has 0 spiro atoms. The number of nitrogens with zero attached hydrogens (tertiary/aromatic N) is 1. The molecule has 1 aliphatic rings. The summed E-state index contributed by atoms with van der Waals surface area (Å²) in [5.74, 6) is 1.52. The van der Waals surface area contributed by atoms with Gasteiger partial charge in [0.2, 0.25) is 0 Å². The summed E-state index contributed by atoms with van der Waals surface area (Å²) in [4.78, 5) is 0. The van der Waals surface area contributed by atoms with Crippen molar-refractivity contribution in [3.8, 4) is 0 Å². The Kier molecular flexibility index (Phi) is 4.93. The van der Waals surface area contributed by atoms with E-state index < -0.39 is 0 Å². The molecule has 0 bridgehead atoms. The first kappa shape index (κ1) is 16.5. The summed E-state index contributed by atoms with van der Waals surface area (Å²) in [5, 5.41) is 12.9. The third kappa shape index (κ3) is 3.82. The fourth-order valence-electron chi connectivity index (χ4n) is 4.10. The van der Waals surface area contributed by atoms with Crippen molar-refractivity contribution in [2.24, 2.45) is 5.92 Å². The van der Waals surface area contributed by atoms with E-state index >= 15 is 0 Å². The molecule has 1 aliphatic carbocycles. The molecule has 0 amide bonds. The Bertz CT molecular complexity index is 817. The van der Waals surface area contributed by atoms with Crippen molar-refractivity contribution in [3.05, 3.63) is 59.2 Å². The summed E-state index contributed by atoms with van der Waals surface area (Å²) in [7, 11) is 0. The molecule has 4 rings (SSSR count). The van der Waals surface area contributed by atoms with Crippen molar-refractivity contribution in [3.63, 3.8) is 0 Å². The molecule has 0 saturated heterocycles. The lowest BCUT2D eigenvalue weighted by molar-refractivity contribution is 0.316. The van der Waals surface area contributed by atoms with Gasteiger partial charge < -0.3 is 5.32 Å². The van der Waals surface area contributed by atoms with Gasteiger partial charge in [-0.15, -0.1) is 0 Å². The number of rotatable bonds is 5. The van der Waals surface area contributed by atoms with Crippen molar-refractivity contribution < 1.29 is 0 Å². The lowest BCUT2D eigenvalue weighted by Gasteiger charge is -2.29. The standard InChI is InChI=1S/C21H24ClN3/c22-17-8-10-18(11-9-17)23-13-12-15-4-6-16(7-5-15)19-2-1-3-21-20(19)14-24-25-21/h1-3,8-11,14-16,23H,4-7,12-13H2,(H,24,25). The van der Waals surface area contributed by atoms with Gasteiger partial charge in [-0.25, -0.2) is 0 Å². The third-order valence-corrected chi connectivity index (χ3v) is 5.78. The number of hydrogen-bond donors (Lipinski definition) is 2. The van der Waals surface area contributed by atoms with E-state index in [-0.39, 0.29) is 0 Å². The van der Waals surface area contributed by atoms with Crippen LogP contribution >= 0.6 is 11.6 Å². The number of aromatic nitrogens is 2. The predicted octanol–water partition coefficient (Wildman–Crippen LogP) is 5.99. The molecule has 1 heterocycles. The highest BCUT2D eigenvalue weighted by atomic mass is 35.5. The molecule has 3 aromatic rings. The van der Waals surface area contributed by atoms with Crippen LogP contribution in [0.3, 0.4) is 0 Å². The Morgan fingerprint density at radius 1 is 1.04 bits per heavy atom. The summed E-state index contributed by atoms with van der Waals surface area (Å²) >= 11 is 5.93. The first-order valence-corrected chi connectivity index (χ1v) is 9.59. The van der Waals surface area contributed by atoms with Gasteiger partial charge in [-0.3, -0.25) is 5.10 Å². The van der Waals surface area contributed by atoms with Gasteiger partial charge in [-0.1, -0.05) is 23.7 Å². The van der Waals surface area contributed by atoms with Crippen LogP contribution in [0.4, 0.5) is 5.69 Å². The molecule has 25 heavy (non-hydrogen) atoms. The van der Waals surface area contributed by atoms with Gasteiger partial charge >= 0.3 is 0 Å². The lowest BCUT2D eigenvalue weighted by atomic mass is 9.77. The van der Waals surface area contributed by atoms with Crippen molar-refractivity contribution in [1.29, 1.82) is 0 Å². The second kappa shape index (κ2) is 7.49. The minimum atomic E-state index is 0.682. The molecular formula is C21H24ClN3. The van der Waals surface area contributed by atoms with E-state index in [0.29, 0.717) is 5.92 Å². The molecule has 1 fully saturated rings. The highest BCUT2D eigenvalue weighted by Crippen LogP contribution is 2.39. The predicted molar refractivity (Wildman–Crippen MR) is 105 cm³/mol. The average molecular weight is 354 g/mol. The molecule has 0 radical (unpaired) electrons. The van der Waals surface area contributed by atoms with E-state index in [1.54, 1.807) is 0 Å². The molecule has 130 valence electrons. The summed E-state index contributed by atoms with van der Waals surface area (Å²) in [6, 6.07) is 14.5. The number of halogens is 1. The Morgan fingerprint density at radius 3 is 2.64 bits per heavy atom. The molecule has 0 aliphatic heterocycles. The van der Waals surface area contributed by atoms with Crippen LogP contribution in [0.15, 0.2) is 48.7 Å². The van der Waals surface area contributed by atoms with E-state index in [2.05, 4.69) is 33.7 Å². The largest absolute Gasteiger partial charge is 0.385 e. The van der Waals surface area contributed by atoms with Crippen LogP contribution in [0.2, 0.25) is 5.02 Å². The van der Waals surface area contributed by atoms with Crippen LogP contribution in [-0.2, 0) is 0 Å². The van der Waals surface area contributed by atoms with Gasteiger partial charge in [-0.2, -0.15) is 5.10 Å². The molecule has 0 atom stereocenters. The van der Waals surface area contributed by atoms with E-state index in [1.165, 1.54) is 43.1 Å². The smallest absolute Gasteiger partial charge is 0.0653 e. The second-order valence-electron chi connectivity index (χ2n) is 7.12. The van der Waals surface area contributed by atoms with Crippen molar-refractivity contribution in [2.45, 2.75) is 38.0 Å². The normalized spacial score (nSPS) is 20.7. The molecule has 3 nitrogen and oxygen atoms in total. The number of nitrogens with one attached hydrogen (secondary N) is 2. The maximum absolute atomic E-state index is 5.93. The highest BCUT2D eigenvalue weighted by molar-refractivity contribution is 6.30. The zero-order chi connectivity index (χ0) is 17.1. The lowest BCUT2D eigenvalue weighted by Crippen LogP contribution is -2.16. The van der Waals surface area contributed by atoms with E-state index in [1.807, 2.05) is 30.5 Å². The summed E-state index contributed by atoms with van der Waals surface area (Å²) < 4.78 is 0. The quantitative estimate of drug-likeness (QED) is 0.591. The van der Waals surface area contributed by atoms with Crippen LogP contribution in [0.1, 0.15) is 43.6 Å². The zero-order valence-corrected chi connectivity index (χ0v) is 15.1. The van der Waals surface area contributed by atoms with E-state index in [0.717, 1.165) is 28.7 Å². The number of H-pyrrole nitrogens is 1. The summed E-state index contributed by atoms with van der Waals surface area (Å²) in [6.45, 7) is 1.04. The van der Waals surface area contributed by atoms with Crippen molar-refractivity contribution in [1.82, 2.24) is 10.2 Å². The number of fused-ring (bicyclic) bond motifs is 1. The highest BCUT2D eigenvalue weighted by Gasteiger charge is 2.23. The van der Waals surface area contributed by atoms with Crippen LogP contribution in [-0.4, -0.2) is 16.7 Å². The van der Waals surface area contributed by atoms with Crippen LogP contribution in [0.25, 0.3) is 10.9 Å². The molecular weight excluding hydrogens is 330 g/mol. The third-order valence-electron chi connectivity index (χ3n) is 5.53. The van der Waals surface area contributed by atoms with Gasteiger partial charge in [0.15, 0.2) is 0 Å². The zero-order valence-electron chi connectivity index (χ0n) is 14.3. The minimum absolute atomic E-state index is 0.682. The van der Waals surface area contributed by atoms with E-state index in [4.69, 9.17) is 11.6 Å². The fourth-order valence-corrected chi connectivity index (χ4v) is 4.22. The molecule has 2 aromatic carbocycles. The summed E-state index contributed by atoms with van der Waals surface area (Å²) in [6.07, 6.45) is 8.44. The minimum Gasteiger partial charge on any atom is -0.385 e. The number of benzene rings is 2. The monoisotopic (exact) mass is 353 g/mol. The first-order chi connectivity index (χ1) is 12.3. The van der Waals surface area contributed by atoms with Gasteiger partial charge in [0.05, 0.1) is 11.7 Å². The maximum atomic E-state index is 5.93. The summed E-state index contributed by atoms with van der Waals surface area (Å²) in [5.41, 5.74) is 3.79. The Labute approximate surface area is 153 Å². The Balaban J connectivity index is 1.28. The van der Waals surface area contributed by atoms with E-state index in [9.17, 15) is 0 Å². The molecule has 2 N–H and O–H groups in total. The first-order valence-electron chi connectivity index (χ1n) is 9.21. The molecule has 1 saturated carbocycles.